The third-order valence-electron chi connectivity index (χ3n) is 4.83. The van der Waals surface area contributed by atoms with Crippen molar-refractivity contribution in [2.45, 2.75) is 19.1 Å². The summed E-state index contributed by atoms with van der Waals surface area (Å²) < 4.78 is 83.1. The molecule has 3 heterocycles. The Morgan fingerprint density at radius 1 is 0.973 bits per heavy atom. The van der Waals surface area contributed by atoms with Crippen molar-refractivity contribution in [1.29, 1.82) is 0 Å². The number of amides is 2. The van der Waals surface area contributed by atoms with E-state index < -0.39 is 30.0 Å². The van der Waals surface area contributed by atoms with Crippen molar-refractivity contribution in [3.05, 3.63) is 84.4 Å². The molecule has 0 aliphatic rings. The van der Waals surface area contributed by atoms with Crippen LogP contribution < -0.4 is 15.4 Å². The molecule has 0 spiro atoms. The molecule has 1 aromatic carbocycles. The number of anilines is 1. The number of aromatic nitrogens is 4. The summed E-state index contributed by atoms with van der Waals surface area (Å²) in [7, 11) is 0. The van der Waals surface area contributed by atoms with Crippen LogP contribution in [0.1, 0.15) is 11.3 Å². The highest BCUT2D eigenvalue weighted by molar-refractivity contribution is 5.88. The van der Waals surface area contributed by atoms with E-state index in [1.807, 2.05) is 0 Å². The van der Waals surface area contributed by atoms with E-state index in [0.717, 1.165) is 18.3 Å². The molecule has 0 unspecified atom stereocenters. The Kier molecular flexibility index (Phi) is 7.00. The van der Waals surface area contributed by atoms with Crippen LogP contribution in [0.4, 0.5) is 37.0 Å². The summed E-state index contributed by atoms with van der Waals surface area (Å²) in [5.41, 5.74) is -0.548. The number of para-hydroxylation sites is 1. The van der Waals surface area contributed by atoms with Crippen LogP contribution in [0, 0.1) is 0 Å². The molecule has 3 aromatic heterocycles. The first-order valence-corrected chi connectivity index (χ1v) is 10.4. The van der Waals surface area contributed by atoms with Crippen molar-refractivity contribution < 1.29 is 35.9 Å². The zero-order chi connectivity index (χ0) is 26.6. The molecule has 8 nitrogen and oxygen atoms in total. The van der Waals surface area contributed by atoms with Gasteiger partial charge < -0.3 is 10.1 Å². The van der Waals surface area contributed by atoms with Crippen LogP contribution in [0.25, 0.3) is 16.9 Å². The summed E-state index contributed by atoms with van der Waals surface area (Å²) in [5, 5.41) is 8.74. The van der Waals surface area contributed by atoms with Crippen LogP contribution in [0.3, 0.4) is 0 Å². The zero-order valence-electron chi connectivity index (χ0n) is 18.5. The van der Waals surface area contributed by atoms with Gasteiger partial charge in [0.2, 0.25) is 0 Å². The quantitative estimate of drug-likeness (QED) is 0.323. The molecular formula is C23H16F6N6O2. The average Bonchev–Trinajstić information content (AvgIpc) is 3.30. The van der Waals surface area contributed by atoms with Crippen molar-refractivity contribution in [2.24, 2.45) is 0 Å². The SMILES string of the molecule is O=C(NCc1ccccc1OC(F)(F)F)Nc1ccc(-n2nc(-c3cccnc3)cc2C(F)(F)F)cn1. The molecule has 4 aromatic rings. The number of hydrogen-bond donors (Lipinski definition) is 2. The fourth-order valence-corrected chi connectivity index (χ4v) is 3.23. The number of hydrogen-bond acceptors (Lipinski definition) is 5. The number of carbonyl (C=O) groups is 1. The molecule has 2 amide bonds. The molecule has 0 saturated carbocycles. The van der Waals surface area contributed by atoms with Crippen LogP contribution in [-0.2, 0) is 12.7 Å². The predicted molar refractivity (Wildman–Crippen MR) is 119 cm³/mol. The maximum Gasteiger partial charge on any atom is 0.573 e. The largest absolute Gasteiger partial charge is 0.573 e. The van der Waals surface area contributed by atoms with Gasteiger partial charge in [-0.15, -0.1) is 13.2 Å². The lowest BCUT2D eigenvalue weighted by Crippen LogP contribution is -2.29. The van der Waals surface area contributed by atoms with E-state index >= 15 is 0 Å². The van der Waals surface area contributed by atoms with Crippen LogP contribution >= 0.6 is 0 Å². The molecule has 0 fully saturated rings. The molecule has 0 saturated heterocycles. The normalized spacial score (nSPS) is 11.7. The number of halogens is 6. The molecule has 2 N–H and O–H groups in total. The Hall–Kier alpha value is -4.62. The van der Waals surface area contributed by atoms with E-state index in [1.165, 1.54) is 42.7 Å². The summed E-state index contributed by atoms with van der Waals surface area (Å²) >= 11 is 0. The van der Waals surface area contributed by atoms with Crippen LogP contribution in [0.15, 0.2) is 73.2 Å². The Morgan fingerprint density at radius 2 is 1.76 bits per heavy atom. The van der Waals surface area contributed by atoms with Gasteiger partial charge in [-0.1, -0.05) is 18.2 Å². The van der Waals surface area contributed by atoms with Crippen molar-refractivity contribution in [3.63, 3.8) is 0 Å². The monoisotopic (exact) mass is 522 g/mol. The molecule has 0 aliphatic heterocycles. The van der Waals surface area contributed by atoms with Crippen LogP contribution in [0.5, 0.6) is 5.75 Å². The smallest absolute Gasteiger partial charge is 0.405 e. The number of alkyl halides is 6. The molecule has 0 bridgehead atoms. The molecule has 0 atom stereocenters. The first-order valence-electron chi connectivity index (χ1n) is 10.4. The third kappa shape index (κ3) is 6.54. The molecule has 37 heavy (non-hydrogen) atoms. The van der Waals surface area contributed by atoms with Gasteiger partial charge in [0.1, 0.15) is 17.3 Å². The Bertz CT molecular complexity index is 1370. The highest BCUT2D eigenvalue weighted by atomic mass is 19.4. The van der Waals surface area contributed by atoms with Crippen molar-refractivity contribution in [3.8, 4) is 22.7 Å². The lowest BCUT2D eigenvalue weighted by molar-refractivity contribution is -0.274. The van der Waals surface area contributed by atoms with Crippen LogP contribution in [0.2, 0.25) is 0 Å². The predicted octanol–water partition coefficient (Wildman–Crippen LogP) is 5.57. The Balaban J connectivity index is 1.46. The maximum absolute atomic E-state index is 13.6. The fourth-order valence-electron chi connectivity index (χ4n) is 3.23. The number of urea groups is 1. The van der Waals surface area contributed by atoms with E-state index in [-0.39, 0.29) is 29.3 Å². The van der Waals surface area contributed by atoms with Gasteiger partial charge in [-0.2, -0.15) is 18.3 Å². The van der Waals surface area contributed by atoms with Gasteiger partial charge in [0.05, 0.1) is 17.6 Å². The minimum Gasteiger partial charge on any atom is -0.405 e. The summed E-state index contributed by atoms with van der Waals surface area (Å²) in [5.74, 6) is -0.489. The van der Waals surface area contributed by atoms with E-state index in [1.54, 1.807) is 12.1 Å². The van der Waals surface area contributed by atoms with E-state index in [2.05, 4.69) is 30.4 Å². The Morgan fingerprint density at radius 3 is 2.41 bits per heavy atom. The van der Waals surface area contributed by atoms with E-state index in [0.29, 0.717) is 10.2 Å². The van der Waals surface area contributed by atoms with Crippen molar-refractivity contribution >= 4 is 11.8 Å². The van der Waals surface area contributed by atoms with Gasteiger partial charge in [0.15, 0.2) is 0 Å². The first-order chi connectivity index (χ1) is 17.5. The Labute approximate surface area is 204 Å². The fraction of sp³-hybridized carbons (Fsp3) is 0.130. The highest BCUT2D eigenvalue weighted by Crippen LogP contribution is 2.34. The number of benzene rings is 1. The van der Waals surface area contributed by atoms with Gasteiger partial charge in [0, 0.05) is 30.1 Å². The lowest BCUT2D eigenvalue weighted by Gasteiger charge is -2.14. The topological polar surface area (TPSA) is 94.0 Å². The molecule has 4 rings (SSSR count). The molecule has 14 heteroatoms. The maximum atomic E-state index is 13.6. The van der Waals surface area contributed by atoms with Crippen molar-refractivity contribution in [1.82, 2.24) is 25.1 Å². The number of rotatable bonds is 6. The number of nitrogens with zero attached hydrogens (tertiary/aromatic N) is 4. The number of ether oxygens (including phenoxy) is 1. The second-order valence-electron chi connectivity index (χ2n) is 7.43. The second-order valence-corrected chi connectivity index (χ2v) is 7.43. The van der Waals surface area contributed by atoms with Gasteiger partial charge in [-0.05, 0) is 36.4 Å². The van der Waals surface area contributed by atoms with Gasteiger partial charge >= 0.3 is 18.6 Å². The minimum absolute atomic E-state index is 0.0192. The number of carbonyl (C=O) groups excluding carboxylic acids is 1. The molecule has 192 valence electrons. The average molecular weight is 522 g/mol. The minimum atomic E-state index is -4.90. The second kappa shape index (κ2) is 10.2. The summed E-state index contributed by atoms with van der Waals surface area (Å²) in [6.45, 7) is -0.296. The highest BCUT2D eigenvalue weighted by Gasteiger charge is 2.36. The summed E-state index contributed by atoms with van der Waals surface area (Å²) in [4.78, 5) is 20.0. The van der Waals surface area contributed by atoms with E-state index in [4.69, 9.17) is 0 Å². The number of pyridine rings is 2. The lowest BCUT2D eigenvalue weighted by atomic mass is 10.2. The van der Waals surface area contributed by atoms with E-state index in [9.17, 15) is 31.1 Å². The van der Waals surface area contributed by atoms with Crippen LogP contribution in [-0.4, -0.2) is 32.1 Å². The molecule has 0 aliphatic carbocycles. The third-order valence-corrected chi connectivity index (χ3v) is 4.83. The summed E-state index contributed by atoms with van der Waals surface area (Å²) in [6, 6.07) is 11.0. The first kappa shape index (κ1) is 25.5. The van der Waals surface area contributed by atoms with Gasteiger partial charge in [0.25, 0.3) is 0 Å². The van der Waals surface area contributed by atoms with Gasteiger partial charge in [-0.3, -0.25) is 10.3 Å². The van der Waals surface area contributed by atoms with Crippen molar-refractivity contribution in [2.75, 3.05) is 5.32 Å². The standard InChI is InChI=1S/C23H16F6N6O2/c24-22(25,26)19-10-17(14-5-3-9-30-11-14)34-35(19)16-7-8-20(31-13-16)33-21(36)32-12-15-4-1-2-6-18(15)37-23(27,28)29/h1-11,13H,12H2,(H2,31,32,33,36). The number of nitrogens with one attached hydrogen (secondary N) is 2. The molecule has 0 radical (unpaired) electrons. The van der Waals surface area contributed by atoms with Gasteiger partial charge in [-0.25, -0.2) is 14.5 Å². The summed E-state index contributed by atoms with van der Waals surface area (Å²) in [6.07, 6.45) is -5.67. The molecular weight excluding hydrogens is 506 g/mol. The zero-order valence-corrected chi connectivity index (χ0v) is 18.5.